The molecule has 0 aliphatic carbocycles. The molecule has 0 bridgehead atoms. The van der Waals surface area contributed by atoms with E-state index >= 15 is 0 Å². The summed E-state index contributed by atoms with van der Waals surface area (Å²) < 4.78 is 7.15. The van der Waals surface area contributed by atoms with Gasteiger partial charge in [-0.2, -0.15) is 5.10 Å². The molecule has 1 aliphatic heterocycles. The fourth-order valence-electron chi connectivity index (χ4n) is 2.57. The first-order valence-corrected chi connectivity index (χ1v) is 7.44. The van der Waals surface area contributed by atoms with Crippen LogP contribution in [0, 0.1) is 12.8 Å². The van der Waals surface area contributed by atoms with E-state index in [1.807, 2.05) is 14.0 Å². The highest BCUT2D eigenvalue weighted by molar-refractivity contribution is 6.32. The molecule has 0 radical (unpaired) electrons. The monoisotopic (exact) mass is 299 g/mol. The summed E-state index contributed by atoms with van der Waals surface area (Å²) in [6.07, 6.45) is 1.36. The molecule has 2 atom stereocenters. The quantitative estimate of drug-likeness (QED) is 0.865. The molecule has 0 amide bonds. The number of hydrogen-bond donors (Lipinski definition) is 1. The summed E-state index contributed by atoms with van der Waals surface area (Å²) in [6, 6.07) is 0.121. The van der Waals surface area contributed by atoms with Crippen molar-refractivity contribution in [1.29, 1.82) is 0 Å². The number of rotatable bonds is 6. The van der Waals surface area contributed by atoms with Crippen LogP contribution in [0.1, 0.15) is 24.7 Å². The minimum Gasteiger partial charge on any atom is -0.379 e. The molecular weight excluding hydrogens is 278 g/mol. The smallest absolute Gasteiger partial charge is 0.145 e. The molecule has 20 heavy (non-hydrogen) atoms. The molecule has 1 saturated heterocycles. The lowest BCUT2D eigenvalue weighted by molar-refractivity contribution is -0.122. The number of carbonyl (C=O) groups excluding carboxylic acids is 1. The molecule has 112 valence electrons. The molecule has 2 unspecified atom stereocenters. The summed E-state index contributed by atoms with van der Waals surface area (Å²) in [5.41, 5.74) is 1.55. The molecule has 0 spiro atoms. The number of ether oxygens (including phenoxy) is 1. The van der Waals surface area contributed by atoms with Gasteiger partial charge in [-0.25, -0.2) is 0 Å². The predicted octanol–water partition coefficient (Wildman–Crippen LogP) is 1.51. The van der Waals surface area contributed by atoms with Gasteiger partial charge in [0.2, 0.25) is 0 Å². The lowest BCUT2D eigenvalue weighted by Crippen LogP contribution is -2.40. The van der Waals surface area contributed by atoms with E-state index in [1.165, 1.54) is 0 Å². The first-order chi connectivity index (χ1) is 9.54. The maximum Gasteiger partial charge on any atom is 0.145 e. The van der Waals surface area contributed by atoms with Crippen molar-refractivity contribution >= 4 is 17.4 Å². The summed E-state index contributed by atoms with van der Waals surface area (Å²) in [5.74, 6) is 0.0776. The van der Waals surface area contributed by atoms with Gasteiger partial charge < -0.3 is 10.1 Å². The highest BCUT2D eigenvalue weighted by atomic mass is 35.5. The van der Waals surface area contributed by atoms with Gasteiger partial charge in [0.1, 0.15) is 5.78 Å². The van der Waals surface area contributed by atoms with E-state index in [-0.39, 0.29) is 17.7 Å². The van der Waals surface area contributed by atoms with Gasteiger partial charge in [0.05, 0.1) is 42.0 Å². The van der Waals surface area contributed by atoms with Crippen molar-refractivity contribution in [3.63, 3.8) is 0 Å². The van der Waals surface area contributed by atoms with E-state index < -0.39 is 0 Å². The van der Waals surface area contributed by atoms with E-state index in [0.717, 1.165) is 24.4 Å². The van der Waals surface area contributed by atoms with Crippen molar-refractivity contribution in [2.75, 3.05) is 19.8 Å². The first kappa shape index (κ1) is 15.5. The first-order valence-electron chi connectivity index (χ1n) is 7.06. The third-order valence-electron chi connectivity index (χ3n) is 3.75. The molecule has 1 aliphatic rings. The number of nitrogens with zero attached hydrogens (tertiary/aromatic N) is 2. The zero-order chi connectivity index (χ0) is 14.7. The number of halogens is 1. The van der Waals surface area contributed by atoms with Crippen LogP contribution in [0.4, 0.5) is 0 Å². The predicted molar refractivity (Wildman–Crippen MR) is 78.1 cm³/mol. The Morgan fingerprint density at radius 3 is 2.90 bits per heavy atom. The number of carbonyl (C=O) groups is 1. The third-order valence-corrected chi connectivity index (χ3v) is 4.25. The van der Waals surface area contributed by atoms with E-state index in [9.17, 15) is 4.79 Å². The van der Waals surface area contributed by atoms with E-state index in [1.54, 1.807) is 4.68 Å². The Morgan fingerprint density at radius 1 is 1.55 bits per heavy atom. The van der Waals surface area contributed by atoms with Gasteiger partial charge >= 0.3 is 0 Å². The normalized spacial score (nSPS) is 22.4. The average molecular weight is 300 g/mol. The molecule has 1 N–H and O–H groups in total. The van der Waals surface area contributed by atoms with Crippen LogP contribution in [0.15, 0.2) is 0 Å². The van der Waals surface area contributed by atoms with Crippen molar-refractivity contribution in [2.45, 2.75) is 32.7 Å². The standard InChI is InChI=1S/C14H22ClN3O2/c1-4-5-16-11-8-20-7-10(11)13(19)6-12-14(15)9(2)17-18(12)3/h10-11,16H,4-8H2,1-3H3. The van der Waals surface area contributed by atoms with Gasteiger partial charge in [-0.15, -0.1) is 0 Å². The highest BCUT2D eigenvalue weighted by Gasteiger charge is 2.34. The number of ketones is 1. The summed E-state index contributed by atoms with van der Waals surface area (Å²) >= 11 is 6.20. The molecule has 0 saturated carbocycles. The van der Waals surface area contributed by atoms with Crippen LogP contribution in [0.2, 0.25) is 5.02 Å². The maximum absolute atomic E-state index is 12.5. The zero-order valence-electron chi connectivity index (χ0n) is 12.3. The van der Waals surface area contributed by atoms with Crippen molar-refractivity contribution in [3.05, 3.63) is 16.4 Å². The highest BCUT2D eigenvalue weighted by Crippen LogP contribution is 2.23. The van der Waals surface area contributed by atoms with Gasteiger partial charge in [-0.1, -0.05) is 18.5 Å². The van der Waals surface area contributed by atoms with Crippen molar-refractivity contribution in [1.82, 2.24) is 15.1 Å². The number of aromatic nitrogens is 2. The second-order valence-corrected chi connectivity index (χ2v) is 5.70. The fourth-order valence-corrected chi connectivity index (χ4v) is 2.80. The molecule has 0 aromatic carbocycles. The van der Waals surface area contributed by atoms with Crippen LogP contribution in [-0.2, 0) is 23.0 Å². The van der Waals surface area contributed by atoms with Crippen LogP contribution < -0.4 is 5.32 Å². The molecule has 2 rings (SSSR count). The van der Waals surface area contributed by atoms with Crippen LogP contribution in [0.5, 0.6) is 0 Å². The second-order valence-electron chi connectivity index (χ2n) is 5.32. The molecule has 1 fully saturated rings. The number of aryl methyl sites for hydroxylation is 2. The third kappa shape index (κ3) is 3.22. The fraction of sp³-hybridized carbons (Fsp3) is 0.714. The lowest BCUT2D eigenvalue weighted by Gasteiger charge is -2.17. The lowest BCUT2D eigenvalue weighted by atomic mass is 9.95. The Kier molecular flexibility index (Phi) is 5.18. The van der Waals surface area contributed by atoms with E-state index in [0.29, 0.717) is 24.7 Å². The summed E-state index contributed by atoms with van der Waals surface area (Å²) in [6.45, 7) is 5.96. The van der Waals surface area contributed by atoms with E-state index in [2.05, 4.69) is 17.3 Å². The maximum atomic E-state index is 12.5. The average Bonchev–Trinajstić information content (AvgIpc) is 2.97. The molecule has 1 aromatic heterocycles. The minimum absolute atomic E-state index is 0.0900. The Morgan fingerprint density at radius 2 is 2.30 bits per heavy atom. The van der Waals surface area contributed by atoms with Crippen molar-refractivity contribution in [2.24, 2.45) is 13.0 Å². The summed E-state index contributed by atoms with van der Waals surface area (Å²) in [7, 11) is 1.82. The van der Waals surface area contributed by atoms with Gasteiger partial charge in [0.15, 0.2) is 0 Å². The minimum atomic E-state index is -0.0900. The molecule has 1 aromatic rings. The Bertz CT molecular complexity index is 487. The molecular formula is C14H22ClN3O2. The molecule has 2 heterocycles. The Labute approximate surface area is 124 Å². The SMILES string of the molecule is CCCNC1COCC1C(=O)Cc1c(Cl)c(C)nn1C. The topological polar surface area (TPSA) is 56.1 Å². The van der Waals surface area contributed by atoms with Crippen LogP contribution in [0.3, 0.4) is 0 Å². The van der Waals surface area contributed by atoms with Crippen molar-refractivity contribution in [3.8, 4) is 0 Å². The number of Topliss-reactive ketones (excluding diaryl/α,β-unsaturated/α-hetero) is 1. The van der Waals surface area contributed by atoms with Gasteiger partial charge in [-0.3, -0.25) is 9.48 Å². The zero-order valence-corrected chi connectivity index (χ0v) is 13.0. The Hall–Kier alpha value is -0.910. The number of nitrogens with one attached hydrogen (secondary N) is 1. The number of hydrogen-bond acceptors (Lipinski definition) is 4. The molecule has 6 heteroatoms. The van der Waals surface area contributed by atoms with Crippen molar-refractivity contribution < 1.29 is 9.53 Å². The van der Waals surface area contributed by atoms with Gasteiger partial charge in [0.25, 0.3) is 0 Å². The van der Waals surface area contributed by atoms with E-state index in [4.69, 9.17) is 16.3 Å². The van der Waals surface area contributed by atoms with Gasteiger partial charge in [0, 0.05) is 13.1 Å². The van der Waals surface area contributed by atoms with Crippen LogP contribution in [-0.4, -0.2) is 41.4 Å². The Balaban J connectivity index is 2.04. The molecule has 5 nitrogen and oxygen atoms in total. The van der Waals surface area contributed by atoms with Gasteiger partial charge in [-0.05, 0) is 19.9 Å². The van der Waals surface area contributed by atoms with Crippen LogP contribution in [0.25, 0.3) is 0 Å². The summed E-state index contributed by atoms with van der Waals surface area (Å²) in [4.78, 5) is 12.5. The summed E-state index contributed by atoms with van der Waals surface area (Å²) in [5, 5.41) is 8.22. The second kappa shape index (κ2) is 6.70. The largest absolute Gasteiger partial charge is 0.379 e. The van der Waals surface area contributed by atoms with Crippen LogP contribution >= 0.6 is 11.6 Å².